The third kappa shape index (κ3) is 5.25. The second-order valence-corrected chi connectivity index (χ2v) is 6.70. The molecule has 124 valence electrons. The lowest BCUT2D eigenvalue weighted by Crippen LogP contribution is -2.43. The van der Waals surface area contributed by atoms with Gasteiger partial charge in [-0.1, -0.05) is 18.2 Å². The summed E-state index contributed by atoms with van der Waals surface area (Å²) >= 11 is 1.59. The van der Waals surface area contributed by atoms with Gasteiger partial charge in [0.15, 0.2) is 0 Å². The van der Waals surface area contributed by atoms with Gasteiger partial charge in [0.1, 0.15) is 12.4 Å². The number of hydrogen-bond acceptors (Lipinski definition) is 4. The molecule has 0 aliphatic rings. The van der Waals surface area contributed by atoms with Crippen LogP contribution in [-0.2, 0) is 6.54 Å². The predicted molar refractivity (Wildman–Crippen MR) is 93.0 cm³/mol. The van der Waals surface area contributed by atoms with Gasteiger partial charge in [0.2, 0.25) is 0 Å². The van der Waals surface area contributed by atoms with Crippen molar-refractivity contribution in [2.45, 2.75) is 33.4 Å². The van der Waals surface area contributed by atoms with Crippen LogP contribution in [0.25, 0.3) is 0 Å². The van der Waals surface area contributed by atoms with E-state index in [2.05, 4.69) is 10.3 Å². The smallest absolute Gasteiger partial charge is 0.317 e. The third-order valence-electron chi connectivity index (χ3n) is 3.36. The fourth-order valence-corrected chi connectivity index (χ4v) is 2.70. The molecule has 5 nitrogen and oxygen atoms in total. The second kappa shape index (κ2) is 7.97. The maximum atomic E-state index is 12.2. The van der Waals surface area contributed by atoms with Gasteiger partial charge in [0.05, 0.1) is 23.3 Å². The molecule has 0 saturated heterocycles. The number of aromatic nitrogens is 1. The van der Waals surface area contributed by atoms with E-state index in [0.717, 1.165) is 22.0 Å². The summed E-state index contributed by atoms with van der Waals surface area (Å²) in [7, 11) is 1.76. The van der Waals surface area contributed by atoms with Crippen LogP contribution >= 0.6 is 11.3 Å². The van der Waals surface area contributed by atoms with Gasteiger partial charge in [-0.15, -0.1) is 11.3 Å². The van der Waals surface area contributed by atoms with Crippen molar-refractivity contribution in [1.29, 1.82) is 0 Å². The summed E-state index contributed by atoms with van der Waals surface area (Å²) in [5.41, 5.74) is 2.00. The monoisotopic (exact) mass is 333 g/mol. The molecule has 0 aliphatic heterocycles. The lowest BCUT2D eigenvalue weighted by molar-refractivity contribution is 0.195. The number of nitrogens with one attached hydrogen (secondary N) is 1. The molecule has 1 heterocycles. The highest BCUT2D eigenvalue weighted by atomic mass is 32.1. The number of carbonyl (C=O) groups excluding carboxylic acids is 1. The third-order valence-corrected chi connectivity index (χ3v) is 4.19. The van der Waals surface area contributed by atoms with E-state index < -0.39 is 0 Å². The van der Waals surface area contributed by atoms with E-state index in [4.69, 9.17) is 4.74 Å². The molecule has 1 aromatic heterocycles. The number of urea groups is 1. The molecule has 2 rings (SSSR count). The van der Waals surface area contributed by atoms with Gasteiger partial charge in [-0.3, -0.25) is 0 Å². The summed E-state index contributed by atoms with van der Waals surface area (Å²) < 4.78 is 5.76. The number of ether oxygens (including phenoxy) is 1. The summed E-state index contributed by atoms with van der Waals surface area (Å²) in [6, 6.07) is 7.64. The Hall–Kier alpha value is -2.08. The number of aryl methyl sites for hydroxylation is 2. The van der Waals surface area contributed by atoms with Crippen molar-refractivity contribution in [1.82, 2.24) is 15.2 Å². The highest BCUT2D eigenvalue weighted by molar-refractivity contribution is 7.09. The first-order chi connectivity index (χ1) is 11.0. The Morgan fingerprint density at radius 1 is 1.39 bits per heavy atom. The molecule has 0 spiro atoms. The number of carbonyl (C=O) groups is 1. The first-order valence-electron chi connectivity index (χ1n) is 7.56. The standard InChI is InChI=1S/C17H23N3O2S/c1-12-7-5-6-8-16(12)22-10-13(2)18-17(21)20(4)9-15-11-23-14(3)19-15/h5-8,11,13H,9-10H2,1-4H3,(H,18,21). The zero-order chi connectivity index (χ0) is 16.8. The van der Waals surface area contributed by atoms with Crippen molar-refractivity contribution < 1.29 is 9.53 Å². The van der Waals surface area contributed by atoms with E-state index in [1.54, 1.807) is 23.3 Å². The lowest BCUT2D eigenvalue weighted by atomic mass is 10.2. The van der Waals surface area contributed by atoms with Crippen LogP contribution in [-0.4, -0.2) is 35.6 Å². The maximum absolute atomic E-state index is 12.2. The van der Waals surface area contributed by atoms with Gasteiger partial charge < -0.3 is 15.0 Å². The molecule has 1 aromatic carbocycles. The molecule has 2 aromatic rings. The predicted octanol–water partition coefficient (Wildman–Crippen LogP) is 3.37. The van der Waals surface area contributed by atoms with Gasteiger partial charge in [0, 0.05) is 12.4 Å². The molecule has 0 bridgehead atoms. The van der Waals surface area contributed by atoms with Gasteiger partial charge in [0.25, 0.3) is 0 Å². The fourth-order valence-electron chi connectivity index (χ4n) is 2.09. The van der Waals surface area contributed by atoms with Crippen LogP contribution in [0, 0.1) is 13.8 Å². The molecule has 23 heavy (non-hydrogen) atoms. The SMILES string of the molecule is Cc1nc(CN(C)C(=O)NC(C)COc2ccccc2C)cs1. The Bertz CT molecular complexity index is 657. The zero-order valence-electron chi connectivity index (χ0n) is 14.0. The van der Waals surface area contributed by atoms with Crippen LogP contribution in [0.4, 0.5) is 4.79 Å². The lowest BCUT2D eigenvalue weighted by Gasteiger charge is -2.21. The summed E-state index contributed by atoms with van der Waals surface area (Å²) in [4.78, 5) is 18.2. The molecular formula is C17H23N3O2S. The average Bonchev–Trinajstić information content (AvgIpc) is 2.91. The van der Waals surface area contributed by atoms with Crippen molar-refractivity contribution in [2.75, 3.05) is 13.7 Å². The van der Waals surface area contributed by atoms with Crippen molar-refractivity contribution in [3.8, 4) is 5.75 Å². The normalized spacial score (nSPS) is 11.8. The van der Waals surface area contributed by atoms with Crippen molar-refractivity contribution in [3.05, 3.63) is 45.9 Å². The number of thiazole rings is 1. The highest BCUT2D eigenvalue weighted by Gasteiger charge is 2.14. The Kier molecular flexibility index (Phi) is 5.98. The number of benzene rings is 1. The fraction of sp³-hybridized carbons (Fsp3) is 0.412. The number of rotatable bonds is 6. The molecule has 0 radical (unpaired) electrons. The summed E-state index contributed by atoms with van der Waals surface area (Å²) in [6.07, 6.45) is 0. The molecule has 2 amide bonds. The van der Waals surface area contributed by atoms with Crippen LogP contribution in [0.1, 0.15) is 23.2 Å². The Labute approximate surface area is 141 Å². The quantitative estimate of drug-likeness (QED) is 0.882. The molecule has 1 N–H and O–H groups in total. The average molecular weight is 333 g/mol. The van der Waals surface area contributed by atoms with Gasteiger partial charge in [-0.05, 0) is 32.4 Å². The number of para-hydroxylation sites is 1. The summed E-state index contributed by atoms with van der Waals surface area (Å²) in [5.74, 6) is 0.847. The van der Waals surface area contributed by atoms with Crippen molar-refractivity contribution >= 4 is 17.4 Å². The van der Waals surface area contributed by atoms with E-state index in [0.29, 0.717) is 13.2 Å². The van der Waals surface area contributed by atoms with Crippen molar-refractivity contribution in [2.24, 2.45) is 0 Å². The van der Waals surface area contributed by atoms with Crippen molar-refractivity contribution in [3.63, 3.8) is 0 Å². The zero-order valence-corrected chi connectivity index (χ0v) is 14.8. The molecule has 0 aliphatic carbocycles. The van der Waals surface area contributed by atoms with E-state index in [9.17, 15) is 4.79 Å². The van der Waals surface area contributed by atoms with E-state index in [1.807, 2.05) is 50.4 Å². The minimum Gasteiger partial charge on any atom is -0.491 e. The van der Waals surface area contributed by atoms with E-state index in [-0.39, 0.29) is 12.1 Å². The summed E-state index contributed by atoms with van der Waals surface area (Å²) in [5, 5.41) is 5.92. The second-order valence-electron chi connectivity index (χ2n) is 5.64. The van der Waals surface area contributed by atoms with Gasteiger partial charge >= 0.3 is 6.03 Å². The number of nitrogens with zero attached hydrogens (tertiary/aromatic N) is 2. The number of hydrogen-bond donors (Lipinski definition) is 1. The van der Waals surface area contributed by atoms with Gasteiger partial charge in [-0.25, -0.2) is 9.78 Å². The largest absolute Gasteiger partial charge is 0.491 e. The molecule has 0 saturated carbocycles. The highest BCUT2D eigenvalue weighted by Crippen LogP contribution is 2.16. The minimum absolute atomic E-state index is 0.0817. The van der Waals surface area contributed by atoms with Crippen LogP contribution < -0.4 is 10.1 Å². The molecule has 0 fully saturated rings. The van der Waals surface area contributed by atoms with Crippen LogP contribution in [0.3, 0.4) is 0 Å². The van der Waals surface area contributed by atoms with Crippen LogP contribution in [0.2, 0.25) is 0 Å². The van der Waals surface area contributed by atoms with E-state index >= 15 is 0 Å². The first-order valence-corrected chi connectivity index (χ1v) is 8.44. The molecule has 1 unspecified atom stereocenters. The number of amides is 2. The topological polar surface area (TPSA) is 54.5 Å². The molecular weight excluding hydrogens is 310 g/mol. The van der Waals surface area contributed by atoms with Gasteiger partial charge in [-0.2, -0.15) is 0 Å². The summed E-state index contributed by atoms with van der Waals surface area (Å²) in [6.45, 7) is 6.82. The van der Waals surface area contributed by atoms with E-state index in [1.165, 1.54) is 0 Å². The Morgan fingerprint density at radius 2 is 2.13 bits per heavy atom. The Morgan fingerprint density at radius 3 is 2.78 bits per heavy atom. The first kappa shape index (κ1) is 17.3. The molecule has 6 heteroatoms. The molecule has 1 atom stereocenters. The van der Waals surface area contributed by atoms with Crippen LogP contribution in [0.15, 0.2) is 29.6 Å². The Balaban J connectivity index is 1.78. The maximum Gasteiger partial charge on any atom is 0.317 e. The minimum atomic E-state index is -0.128. The van der Waals surface area contributed by atoms with Crippen LogP contribution in [0.5, 0.6) is 5.75 Å².